The Bertz CT molecular complexity index is 283. The number of nitrogens with two attached hydrogens (primary N) is 1. The summed E-state index contributed by atoms with van der Waals surface area (Å²) in [6.07, 6.45) is 4.08. The van der Waals surface area contributed by atoms with Crippen LogP contribution in [0.15, 0.2) is 12.4 Å². The SMILES string of the molecule is CCC(N)C(=O)NC(C)c1cn[nH]c1. The van der Waals surface area contributed by atoms with Gasteiger partial charge in [0.05, 0.1) is 18.3 Å². The van der Waals surface area contributed by atoms with Crippen molar-refractivity contribution in [3.8, 4) is 0 Å². The normalized spacial score (nSPS) is 14.8. The van der Waals surface area contributed by atoms with Crippen LogP contribution < -0.4 is 11.1 Å². The molecule has 5 heteroatoms. The van der Waals surface area contributed by atoms with Crippen LogP contribution in [0.3, 0.4) is 0 Å². The summed E-state index contributed by atoms with van der Waals surface area (Å²) in [6.45, 7) is 3.78. The molecule has 1 heterocycles. The number of aromatic amines is 1. The quantitative estimate of drug-likeness (QED) is 0.648. The number of hydrogen-bond acceptors (Lipinski definition) is 3. The summed E-state index contributed by atoms with van der Waals surface area (Å²) in [5.74, 6) is -0.124. The molecule has 0 bridgehead atoms. The van der Waals surface area contributed by atoms with Gasteiger partial charge < -0.3 is 11.1 Å². The van der Waals surface area contributed by atoms with Crippen molar-refractivity contribution in [2.75, 3.05) is 0 Å². The molecule has 1 amide bonds. The molecule has 0 aromatic carbocycles. The van der Waals surface area contributed by atoms with Crippen molar-refractivity contribution in [3.05, 3.63) is 18.0 Å². The van der Waals surface area contributed by atoms with Gasteiger partial charge in [0.25, 0.3) is 0 Å². The van der Waals surface area contributed by atoms with Crippen LogP contribution in [-0.4, -0.2) is 22.1 Å². The summed E-state index contributed by atoms with van der Waals surface area (Å²) in [5.41, 5.74) is 6.53. The van der Waals surface area contributed by atoms with Gasteiger partial charge in [0, 0.05) is 11.8 Å². The van der Waals surface area contributed by atoms with E-state index in [4.69, 9.17) is 5.73 Å². The zero-order chi connectivity index (χ0) is 10.6. The Hall–Kier alpha value is -1.36. The molecule has 1 rings (SSSR count). The molecule has 5 nitrogen and oxygen atoms in total. The highest BCUT2D eigenvalue weighted by Crippen LogP contribution is 2.08. The highest BCUT2D eigenvalue weighted by atomic mass is 16.2. The molecule has 0 saturated heterocycles. The van der Waals surface area contributed by atoms with Crippen LogP contribution >= 0.6 is 0 Å². The maximum atomic E-state index is 11.4. The van der Waals surface area contributed by atoms with Crippen LogP contribution in [0.25, 0.3) is 0 Å². The molecule has 0 spiro atoms. The fraction of sp³-hybridized carbons (Fsp3) is 0.556. The van der Waals surface area contributed by atoms with E-state index in [0.29, 0.717) is 6.42 Å². The van der Waals surface area contributed by atoms with Gasteiger partial charge in [-0.05, 0) is 13.3 Å². The summed E-state index contributed by atoms with van der Waals surface area (Å²) in [6, 6.07) is -0.483. The molecule has 2 atom stereocenters. The summed E-state index contributed by atoms with van der Waals surface area (Å²) < 4.78 is 0. The van der Waals surface area contributed by atoms with E-state index in [1.54, 1.807) is 12.4 Å². The van der Waals surface area contributed by atoms with Gasteiger partial charge in [0.1, 0.15) is 0 Å². The first kappa shape index (κ1) is 10.7. The van der Waals surface area contributed by atoms with E-state index in [1.165, 1.54) is 0 Å². The van der Waals surface area contributed by atoms with Crippen molar-refractivity contribution in [3.63, 3.8) is 0 Å². The number of carbonyl (C=O) groups excluding carboxylic acids is 1. The van der Waals surface area contributed by atoms with Gasteiger partial charge in [-0.25, -0.2) is 0 Å². The lowest BCUT2D eigenvalue weighted by atomic mass is 10.1. The highest BCUT2D eigenvalue weighted by molar-refractivity contribution is 5.81. The predicted molar refractivity (Wildman–Crippen MR) is 53.4 cm³/mol. The molecule has 78 valence electrons. The maximum Gasteiger partial charge on any atom is 0.237 e. The Morgan fingerprint density at radius 2 is 2.50 bits per heavy atom. The fourth-order valence-electron chi connectivity index (χ4n) is 1.09. The van der Waals surface area contributed by atoms with E-state index < -0.39 is 6.04 Å². The van der Waals surface area contributed by atoms with Crippen LogP contribution in [0.4, 0.5) is 0 Å². The first-order chi connectivity index (χ1) is 6.65. The Labute approximate surface area is 83.1 Å². The van der Waals surface area contributed by atoms with E-state index in [2.05, 4.69) is 15.5 Å². The maximum absolute atomic E-state index is 11.4. The Morgan fingerprint density at radius 3 is 3.00 bits per heavy atom. The second kappa shape index (κ2) is 4.76. The van der Waals surface area contributed by atoms with E-state index in [-0.39, 0.29) is 11.9 Å². The minimum atomic E-state index is -0.427. The van der Waals surface area contributed by atoms with Gasteiger partial charge in [-0.1, -0.05) is 6.92 Å². The summed E-state index contributed by atoms with van der Waals surface area (Å²) >= 11 is 0. The van der Waals surface area contributed by atoms with E-state index in [1.807, 2.05) is 13.8 Å². The lowest BCUT2D eigenvalue weighted by molar-refractivity contribution is -0.123. The molecule has 0 aliphatic heterocycles. The Morgan fingerprint density at radius 1 is 1.79 bits per heavy atom. The van der Waals surface area contributed by atoms with Crippen molar-refractivity contribution < 1.29 is 4.79 Å². The summed E-state index contributed by atoms with van der Waals surface area (Å²) in [7, 11) is 0. The molecular weight excluding hydrogens is 180 g/mol. The van der Waals surface area contributed by atoms with Crippen molar-refractivity contribution >= 4 is 5.91 Å². The largest absolute Gasteiger partial charge is 0.348 e. The monoisotopic (exact) mass is 196 g/mol. The zero-order valence-corrected chi connectivity index (χ0v) is 8.45. The first-order valence-corrected chi connectivity index (χ1v) is 4.69. The molecular formula is C9H16N4O. The number of hydrogen-bond donors (Lipinski definition) is 3. The van der Waals surface area contributed by atoms with Crippen LogP contribution in [0.5, 0.6) is 0 Å². The second-order valence-corrected chi connectivity index (χ2v) is 3.28. The molecule has 1 aromatic heterocycles. The lowest BCUT2D eigenvalue weighted by Crippen LogP contribution is -2.41. The van der Waals surface area contributed by atoms with Gasteiger partial charge in [0.2, 0.25) is 5.91 Å². The molecule has 1 aromatic rings. The number of aromatic nitrogens is 2. The third-order valence-corrected chi connectivity index (χ3v) is 2.15. The molecule has 4 N–H and O–H groups in total. The fourth-order valence-corrected chi connectivity index (χ4v) is 1.09. The average Bonchev–Trinajstić information content (AvgIpc) is 2.69. The van der Waals surface area contributed by atoms with Crippen molar-refractivity contribution in [2.24, 2.45) is 5.73 Å². The number of carbonyl (C=O) groups is 1. The zero-order valence-electron chi connectivity index (χ0n) is 8.45. The van der Waals surface area contributed by atoms with Gasteiger partial charge in [-0.15, -0.1) is 0 Å². The molecule has 0 radical (unpaired) electrons. The van der Waals surface area contributed by atoms with Crippen LogP contribution in [0.1, 0.15) is 31.9 Å². The van der Waals surface area contributed by atoms with E-state index in [0.717, 1.165) is 5.56 Å². The summed E-state index contributed by atoms with van der Waals surface area (Å²) in [4.78, 5) is 11.4. The Kier molecular flexibility index (Phi) is 3.64. The number of nitrogens with zero attached hydrogens (tertiary/aromatic N) is 1. The number of rotatable bonds is 4. The van der Waals surface area contributed by atoms with Gasteiger partial charge in [-0.3, -0.25) is 9.89 Å². The smallest absolute Gasteiger partial charge is 0.237 e. The molecule has 0 aliphatic rings. The topological polar surface area (TPSA) is 83.8 Å². The molecule has 0 aliphatic carbocycles. The molecule has 0 fully saturated rings. The number of amides is 1. The van der Waals surface area contributed by atoms with Crippen molar-refractivity contribution in [2.45, 2.75) is 32.4 Å². The van der Waals surface area contributed by atoms with Crippen LogP contribution in [0.2, 0.25) is 0 Å². The third kappa shape index (κ3) is 2.56. The van der Waals surface area contributed by atoms with Gasteiger partial charge in [0.15, 0.2) is 0 Å². The average molecular weight is 196 g/mol. The van der Waals surface area contributed by atoms with E-state index >= 15 is 0 Å². The van der Waals surface area contributed by atoms with Crippen molar-refractivity contribution in [1.82, 2.24) is 15.5 Å². The second-order valence-electron chi connectivity index (χ2n) is 3.28. The first-order valence-electron chi connectivity index (χ1n) is 4.69. The predicted octanol–water partition coefficient (Wildman–Crippen LogP) is 0.324. The molecule has 2 unspecified atom stereocenters. The lowest BCUT2D eigenvalue weighted by Gasteiger charge is -2.15. The third-order valence-electron chi connectivity index (χ3n) is 2.15. The summed E-state index contributed by atoms with van der Waals surface area (Å²) in [5, 5.41) is 9.31. The minimum Gasteiger partial charge on any atom is -0.348 e. The number of nitrogens with one attached hydrogen (secondary N) is 2. The van der Waals surface area contributed by atoms with Crippen molar-refractivity contribution in [1.29, 1.82) is 0 Å². The van der Waals surface area contributed by atoms with E-state index in [9.17, 15) is 4.79 Å². The molecule has 0 saturated carbocycles. The Balaban J connectivity index is 2.49. The van der Waals surface area contributed by atoms with Gasteiger partial charge >= 0.3 is 0 Å². The van der Waals surface area contributed by atoms with Crippen LogP contribution in [0, 0.1) is 0 Å². The van der Waals surface area contributed by atoms with Gasteiger partial charge in [-0.2, -0.15) is 5.10 Å². The highest BCUT2D eigenvalue weighted by Gasteiger charge is 2.14. The minimum absolute atomic E-state index is 0.0566. The van der Waals surface area contributed by atoms with Crippen LogP contribution in [-0.2, 0) is 4.79 Å². The molecule has 14 heavy (non-hydrogen) atoms. The standard InChI is InChI=1S/C9H16N4O/c1-3-8(10)9(14)13-6(2)7-4-11-12-5-7/h4-6,8H,3,10H2,1-2H3,(H,11,12)(H,13,14). The number of H-pyrrole nitrogens is 1.